The molecule has 0 radical (unpaired) electrons. The van der Waals surface area contributed by atoms with E-state index in [4.69, 9.17) is 0 Å². The normalized spacial score (nSPS) is 23.2. The summed E-state index contributed by atoms with van der Waals surface area (Å²) in [6.07, 6.45) is 1.11. The summed E-state index contributed by atoms with van der Waals surface area (Å²) in [5.74, 6) is 1.48. The molecule has 0 bridgehead atoms. The number of rotatable bonds is 4. The van der Waals surface area contributed by atoms with Gasteiger partial charge in [-0.1, -0.05) is 26.8 Å². The highest BCUT2D eigenvalue weighted by Gasteiger charge is 2.31. The number of nitrogens with one attached hydrogen (secondary N) is 1. The van der Waals surface area contributed by atoms with Gasteiger partial charge in [0.05, 0.1) is 0 Å². The average molecular weight is 267 g/mol. The van der Waals surface area contributed by atoms with Crippen molar-refractivity contribution in [3.8, 4) is 0 Å². The summed E-state index contributed by atoms with van der Waals surface area (Å²) in [4.78, 5) is 0. The molecule has 0 spiro atoms. The van der Waals surface area contributed by atoms with Gasteiger partial charge in [-0.25, -0.2) is 4.39 Å². The monoisotopic (exact) mass is 267 g/mol. The highest BCUT2D eigenvalue weighted by Crippen LogP contribution is 2.41. The number of fused-ring (bicyclic) bond motifs is 1. The Morgan fingerprint density at radius 2 is 2.22 bits per heavy atom. The van der Waals surface area contributed by atoms with Gasteiger partial charge in [-0.15, -0.1) is 0 Å². The Morgan fingerprint density at radius 1 is 1.44 bits per heavy atom. The maximum atomic E-state index is 13.5. The van der Waals surface area contributed by atoms with Gasteiger partial charge in [-0.05, 0) is 42.1 Å². The van der Waals surface area contributed by atoms with E-state index in [1.807, 2.05) is 17.8 Å². The van der Waals surface area contributed by atoms with Crippen LogP contribution in [0.4, 0.5) is 4.39 Å². The molecular formula is C15H22FNS. The van der Waals surface area contributed by atoms with Crippen molar-refractivity contribution >= 4 is 11.8 Å². The molecule has 1 aromatic carbocycles. The third-order valence-electron chi connectivity index (χ3n) is 3.47. The van der Waals surface area contributed by atoms with Crippen LogP contribution in [0.2, 0.25) is 0 Å². The van der Waals surface area contributed by atoms with Gasteiger partial charge < -0.3 is 5.32 Å². The van der Waals surface area contributed by atoms with Crippen molar-refractivity contribution in [2.24, 2.45) is 5.92 Å². The molecule has 0 saturated carbocycles. The topological polar surface area (TPSA) is 12.0 Å². The van der Waals surface area contributed by atoms with Crippen LogP contribution in [0.5, 0.6) is 0 Å². The lowest BCUT2D eigenvalue weighted by molar-refractivity contribution is 0.436. The Morgan fingerprint density at radius 3 is 2.89 bits per heavy atom. The molecule has 0 aromatic heterocycles. The van der Waals surface area contributed by atoms with Crippen LogP contribution in [0.1, 0.15) is 44.4 Å². The molecule has 3 heteroatoms. The SMILES string of the molecule is CCCNC1c2cc(F)ccc2CSC1C(C)C. The molecular weight excluding hydrogens is 245 g/mol. The number of benzene rings is 1. The quantitative estimate of drug-likeness (QED) is 0.880. The van der Waals surface area contributed by atoms with Gasteiger partial charge in [0.2, 0.25) is 0 Å². The molecule has 18 heavy (non-hydrogen) atoms. The predicted molar refractivity (Wildman–Crippen MR) is 77.4 cm³/mol. The van der Waals surface area contributed by atoms with Crippen molar-refractivity contribution in [1.29, 1.82) is 0 Å². The maximum Gasteiger partial charge on any atom is 0.123 e. The Labute approximate surface area is 114 Å². The Bertz CT molecular complexity index is 405. The molecule has 1 aliphatic heterocycles. The molecule has 0 aliphatic carbocycles. The number of hydrogen-bond acceptors (Lipinski definition) is 2. The summed E-state index contributed by atoms with van der Waals surface area (Å²) < 4.78 is 13.5. The van der Waals surface area contributed by atoms with Crippen molar-refractivity contribution < 1.29 is 4.39 Å². The smallest absolute Gasteiger partial charge is 0.123 e. The fourth-order valence-electron chi connectivity index (χ4n) is 2.55. The van der Waals surface area contributed by atoms with E-state index in [2.05, 4.69) is 26.1 Å². The van der Waals surface area contributed by atoms with Gasteiger partial charge in [0.15, 0.2) is 0 Å². The molecule has 2 unspecified atom stereocenters. The minimum Gasteiger partial charge on any atom is -0.309 e. The second kappa shape index (κ2) is 6.07. The third-order valence-corrected chi connectivity index (χ3v) is 5.15. The highest BCUT2D eigenvalue weighted by atomic mass is 32.2. The zero-order valence-electron chi connectivity index (χ0n) is 11.4. The second-order valence-electron chi connectivity index (χ2n) is 5.29. The molecule has 1 nitrogen and oxygen atoms in total. The lowest BCUT2D eigenvalue weighted by Gasteiger charge is -2.36. The van der Waals surface area contributed by atoms with Crippen molar-refractivity contribution in [1.82, 2.24) is 5.32 Å². The van der Waals surface area contributed by atoms with Crippen molar-refractivity contribution in [3.05, 3.63) is 35.1 Å². The van der Waals surface area contributed by atoms with Crippen LogP contribution in [0.3, 0.4) is 0 Å². The number of hydrogen-bond donors (Lipinski definition) is 1. The molecule has 2 rings (SSSR count). The first kappa shape index (κ1) is 13.9. The molecule has 1 aromatic rings. The lowest BCUT2D eigenvalue weighted by Crippen LogP contribution is -2.36. The summed E-state index contributed by atoms with van der Waals surface area (Å²) in [6, 6.07) is 5.52. The summed E-state index contributed by atoms with van der Waals surface area (Å²) in [5, 5.41) is 4.13. The van der Waals surface area contributed by atoms with Gasteiger partial charge in [0, 0.05) is 17.0 Å². The van der Waals surface area contributed by atoms with E-state index in [1.54, 1.807) is 12.1 Å². The van der Waals surface area contributed by atoms with Crippen LogP contribution < -0.4 is 5.32 Å². The fraction of sp³-hybridized carbons (Fsp3) is 0.600. The Balaban J connectivity index is 2.31. The maximum absolute atomic E-state index is 13.5. The molecule has 1 heterocycles. The molecule has 1 N–H and O–H groups in total. The standard InChI is InChI=1S/C15H22FNS/c1-4-7-17-14-13-8-12(16)6-5-11(13)9-18-15(14)10(2)3/h5-6,8,10,14-15,17H,4,7,9H2,1-3H3. The minimum absolute atomic E-state index is 0.119. The first-order valence-corrected chi connectivity index (χ1v) is 7.81. The largest absolute Gasteiger partial charge is 0.309 e. The van der Waals surface area contributed by atoms with Gasteiger partial charge in [0.1, 0.15) is 5.82 Å². The molecule has 1 aliphatic rings. The minimum atomic E-state index is -0.119. The Hall–Kier alpha value is -0.540. The molecule has 0 saturated heterocycles. The van der Waals surface area contributed by atoms with E-state index in [-0.39, 0.29) is 11.9 Å². The third kappa shape index (κ3) is 2.89. The molecule has 100 valence electrons. The van der Waals surface area contributed by atoms with E-state index in [1.165, 1.54) is 11.1 Å². The first-order valence-electron chi connectivity index (χ1n) is 6.76. The summed E-state index contributed by atoms with van der Waals surface area (Å²) in [6.45, 7) is 7.66. The number of thioether (sulfide) groups is 1. The summed E-state index contributed by atoms with van der Waals surface area (Å²) in [7, 11) is 0. The van der Waals surface area contributed by atoms with Gasteiger partial charge in [0.25, 0.3) is 0 Å². The van der Waals surface area contributed by atoms with Gasteiger partial charge >= 0.3 is 0 Å². The van der Waals surface area contributed by atoms with Crippen LogP contribution in [0.25, 0.3) is 0 Å². The van der Waals surface area contributed by atoms with Crippen LogP contribution >= 0.6 is 11.8 Å². The molecule has 0 fully saturated rings. The van der Waals surface area contributed by atoms with E-state index in [0.717, 1.165) is 18.7 Å². The van der Waals surface area contributed by atoms with Gasteiger partial charge in [-0.2, -0.15) is 11.8 Å². The molecule has 2 atom stereocenters. The van der Waals surface area contributed by atoms with E-state index >= 15 is 0 Å². The second-order valence-corrected chi connectivity index (χ2v) is 6.46. The van der Waals surface area contributed by atoms with E-state index < -0.39 is 0 Å². The zero-order valence-corrected chi connectivity index (χ0v) is 12.2. The number of halogens is 1. The fourth-order valence-corrected chi connectivity index (χ4v) is 4.00. The van der Waals surface area contributed by atoms with Crippen LogP contribution in [0.15, 0.2) is 18.2 Å². The summed E-state index contributed by atoms with van der Waals surface area (Å²) in [5.41, 5.74) is 2.45. The molecule has 0 amide bonds. The van der Waals surface area contributed by atoms with Crippen LogP contribution in [-0.4, -0.2) is 11.8 Å². The first-order chi connectivity index (χ1) is 8.63. The zero-order chi connectivity index (χ0) is 13.1. The van der Waals surface area contributed by atoms with Gasteiger partial charge in [-0.3, -0.25) is 0 Å². The van der Waals surface area contributed by atoms with Crippen LogP contribution in [-0.2, 0) is 5.75 Å². The predicted octanol–water partition coefficient (Wildman–Crippen LogP) is 4.14. The van der Waals surface area contributed by atoms with Crippen molar-refractivity contribution in [2.45, 2.75) is 44.2 Å². The van der Waals surface area contributed by atoms with E-state index in [0.29, 0.717) is 11.2 Å². The lowest BCUT2D eigenvalue weighted by atomic mass is 9.92. The Kier molecular flexibility index (Phi) is 4.68. The average Bonchev–Trinajstić information content (AvgIpc) is 2.35. The van der Waals surface area contributed by atoms with Crippen LogP contribution in [0, 0.1) is 11.7 Å². The van der Waals surface area contributed by atoms with Crippen molar-refractivity contribution in [3.63, 3.8) is 0 Å². The van der Waals surface area contributed by atoms with E-state index in [9.17, 15) is 4.39 Å². The summed E-state index contributed by atoms with van der Waals surface area (Å²) >= 11 is 1.99. The highest BCUT2D eigenvalue weighted by molar-refractivity contribution is 7.99. The van der Waals surface area contributed by atoms with Crippen molar-refractivity contribution in [2.75, 3.05) is 6.54 Å².